The van der Waals surface area contributed by atoms with E-state index in [1.165, 1.54) is 0 Å². The van der Waals surface area contributed by atoms with Crippen LogP contribution in [0, 0.1) is 0 Å². The number of carbonyl (C=O) groups excluding carboxylic acids is 2. The number of carboxylic acid groups (broad SMARTS) is 5. The molecule has 0 bridgehead atoms. The summed E-state index contributed by atoms with van der Waals surface area (Å²) in [5.74, 6) is -7.24. The Kier molecular flexibility index (Phi) is 20.3. The topological polar surface area (TPSA) is 268 Å². The summed E-state index contributed by atoms with van der Waals surface area (Å²) < 4.78 is 5.29. The maximum Gasteiger partial charge on any atom is 0.336 e. The number of aliphatic hydroxyl groups is 2. The highest BCUT2D eigenvalue weighted by atomic mass is 16.5. The van der Waals surface area contributed by atoms with E-state index in [1.54, 1.807) is 6.92 Å². The summed E-state index contributed by atoms with van der Waals surface area (Å²) in [6.45, 7) is 4.09. The van der Waals surface area contributed by atoms with Crippen molar-refractivity contribution in [1.29, 1.82) is 0 Å². The maximum atomic E-state index is 11.4. The van der Waals surface area contributed by atoms with E-state index in [0.717, 1.165) is 26.3 Å². The summed E-state index contributed by atoms with van der Waals surface area (Å²) >= 11 is 0. The molecule has 0 aromatic rings. The van der Waals surface area contributed by atoms with E-state index in [0.29, 0.717) is 11.0 Å². The van der Waals surface area contributed by atoms with Crippen LogP contribution < -0.4 is 10.4 Å². The van der Waals surface area contributed by atoms with Gasteiger partial charge in [-0.3, -0.25) is 14.4 Å². The molecule has 222 valence electrons. The van der Waals surface area contributed by atoms with Gasteiger partial charge >= 0.3 is 23.9 Å². The van der Waals surface area contributed by atoms with Crippen LogP contribution in [0.5, 0.6) is 0 Å². The first-order chi connectivity index (χ1) is 17.2. The first kappa shape index (κ1) is 39.2. The second-order valence-corrected chi connectivity index (χ2v) is 9.07. The van der Waals surface area contributed by atoms with Crippen molar-refractivity contribution in [3.63, 3.8) is 0 Å². The highest BCUT2D eigenvalue weighted by molar-refractivity contribution is 5.88. The van der Waals surface area contributed by atoms with Crippen LogP contribution in [0.3, 0.4) is 0 Å². The lowest BCUT2D eigenvalue weighted by Crippen LogP contribution is -2.46. The number of hydrogen-bond donors (Lipinski definition) is 7. The third kappa shape index (κ3) is 24.4. The van der Waals surface area contributed by atoms with E-state index in [2.05, 4.69) is 5.32 Å². The normalized spacial score (nSPS) is 16.3. The second kappa shape index (κ2) is 19.7. The van der Waals surface area contributed by atoms with E-state index in [4.69, 9.17) is 35.1 Å². The van der Waals surface area contributed by atoms with E-state index >= 15 is 0 Å². The number of carbonyl (C=O) groups is 6. The fourth-order valence-corrected chi connectivity index (χ4v) is 2.25. The molecule has 0 spiro atoms. The summed E-state index contributed by atoms with van der Waals surface area (Å²) in [5, 5.41) is 63.5. The SMILES string of the molecule is CC(=O)O.CCC(O)C(=O)O.C[N+](C)(C)CCOC(=O)CC(O)(CC(=O)[O-])C(=O)O.O=C(O)[C@@H]1CCCN1. The van der Waals surface area contributed by atoms with Crippen molar-refractivity contribution >= 4 is 35.8 Å². The van der Waals surface area contributed by atoms with E-state index < -0.39 is 60.4 Å². The summed E-state index contributed by atoms with van der Waals surface area (Å²) in [5.41, 5.74) is -2.70. The number of likely N-dealkylation sites (N-methyl/N-ethyl adjacent to an activating group) is 1. The summed E-state index contributed by atoms with van der Waals surface area (Å²) in [6.07, 6.45) is -1.23. The molecule has 1 aliphatic rings. The molecule has 0 aliphatic carbocycles. The van der Waals surface area contributed by atoms with E-state index in [9.17, 15) is 34.2 Å². The quantitative estimate of drug-likeness (QED) is 0.101. The van der Waals surface area contributed by atoms with Gasteiger partial charge in [-0.05, 0) is 25.8 Å². The standard InChI is InChI=1S/C11H19NO7.C5H9NO2.C4H8O3.C2H4O2/c1-12(2,3)4-5-19-9(15)7-11(18,10(16)17)6-8(13)14;7-5(8)4-2-1-3-6-4;1-2-3(5)4(6)7;1-2(3)4/h18H,4-7H2,1-3H3,(H-,13,14,16,17);4,6H,1-3H2,(H,7,8);3,5H,2H2,1H3,(H,6,7);1H3,(H,3,4)/t;4-;;/m.0../s1. The molecular formula is C22H40N2O14. The lowest BCUT2D eigenvalue weighted by molar-refractivity contribution is -0.870. The van der Waals surface area contributed by atoms with Gasteiger partial charge in [0.15, 0.2) is 11.7 Å². The molecule has 2 unspecified atom stereocenters. The van der Waals surface area contributed by atoms with Crippen LogP contribution in [0.4, 0.5) is 0 Å². The number of aliphatic hydroxyl groups excluding tert-OH is 1. The van der Waals surface area contributed by atoms with Gasteiger partial charge in [-0.15, -0.1) is 0 Å². The zero-order chi connectivity index (χ0) is 30.7. The summed E-state index contributed by atoms with van der Waals surface area (Å²) in [6, 6.07) is -0.269. The number of hydrogen-bond acceptors (Lipinski definition) is 11. The number of nitrogens with one attached hydrogen (secondary N) is 1. The number of esters is 1. The fraction of sp³-hybridized carbons (Fsp3) is 0.727. The Bertz CT molecular complexity index is 771. The first-order valence-corrected chi connectivity index (χ1v) is 11.4. The van der Waals surface area contributed by atoms with E-state index in [-0.39, 0.29) is 19.1 Å². The molecule has 0 saturated carbocycles. The number of quaternary nitrogens is 1. The maximum absolute atomic E-state index is 11.4. The highest BCUT2D eigenvalue weighted by Crippen LogP contribution is 2.16. The van der Waals surface area contributed by atoms with Crippen molar-refractivity contribution in [3.05, 3.63) is 0 Å². The summed E-state index contributed by atoms with van der Waals surface area (Å²) in [7, 11) is 5.62. The van der Waals surface area contributed by atoms with Gasteiger partial charge < -0.3 is 55.1 Å². The van der Waals surface area contributed by atoms with Gasteiger partial charge in [0.05, 0.1) is 27.6 Å². The minimum Gasteiger partial charge on any atom is -0.550 e. The Morgan fingerprint density at radius 1 is 1.05 bits per heavy atom. The van der Waals surface area contributed by atoms with Gasteiger partial charge in [-0.2, -0.15) is 0 Å². The lowest BCUT2D eigenvalue weighted by atomic mass is 9.96. The number of nitrogens with zero attached hydrogens (tertiary/aromatic N) is 1. The minimum atomic E-state index is -2.70. The Balaban J connectivity index is -0.000000524. The molecule has 3 atom stereocenters. The van der Waals surface area contributed by atoms with Gasteiger partial charge in [0.2, 0.25) is 0 Å². The van der Waals surface area contributed by atoms with Crippen molar-refractivity contribution < 1.29 is 73.7 Å². The number of ether oxygens (including phenoxy) is 1. The van der Waals surface area contributed by atoms with Crippen LogP contribution in [0.25, 0.3) is 0 Å². The Morgan fingerprint density at radius 2 is 1.55 bits per heavy atom. The van der Waals surface area contributed by atoms with Crippen molar-refractivity contribution in [3.8, 4) is 0 Å². The average molecular weight is 557 g/mol. The third-order valence-electron chi connectivity index (χ3n) is 4.33. The molecule has 7 N–H and O–H groups in total. The molecule has 0 aromatic heterocycles. The summed E-state index contributed by atoms with van der Waals surface area (Å²) in [4.78, 5) is 61.3. The molecule has 0 radical (unpaired) electrons. The van der Waals surface area contributed by atoms with Gasteiger partial charge in [-0.25, -0.2) is 9.59 Å². The molecule has 16 heteroatoms. The van der Waals surface area contributed by atoms with Crippen LogP contribution >= 0.6 is 0 Å². The minimum absolute atomic E-state index is 0.0450. The third-order valence-corrected chi connectivity index (χ3v) is 4.33. The van der Waals surface area contributed by atoms with Crippen molar-refractivity contribution in [1.82, 2.24) is 5.32 Å². The monoisotopic (exact) mass is 556 g/mol. The van der Waals surface area contributed by atoms with E-state index in [1.807, 2.05) is 21.1 Å². The molecule has 1 aliphatic heterocycles. The molecular weight excluding hydrogens is 516 g/mol. The Labute approximate surface area is 220 Å². The van der Waals surface area contributed by atoms with Gasteiger partial charge in [-0.1, -0.05) is 6.92 Å². The van der Waals surface area contributed by atoms with Crippen LogP contribution in [0.1, 0.15) is 46.0 Å². The van der Waals surface area contributed by atoms with Crippen LogP contribution in [0.2, 0.25) is 0 Å². The van der Waals surface area contributed by atoms with Crippen LogP contribution in [-0.2, 0) is 33.5 Å². The first-order valence-electron chi connectivity index (χ1n) is 11.4. The van der Waals surface area contributed by atoms with Gasteiger partial charge in [0.1, 0.15) is 19.2 Å². The number of rotatable bonds is 11. The number of carboxylic acids is 5. The van der Waals surface area contributed by atoms with Crippen LogP contribution in [-0.4, -0.2) is 130 Å². The van der Waals surface area contributed by atoms with Gasteiger partial charge in [0.25, 0.3) is 5.97 Å². The zero-order valence-electron chi connectivity index (χ0n) is 22.2. The van der Waals surface area contributed by atoms with Crippen molar-refractivity contribution in [2.24, 2.45) is 0 Å². The Morgan fingerprint density at radius 3 is 1.79 bits per heavy atom. The molecule has 1 saturated heterocycles. The molecule has 0 aromatic carbocycles. The zero-order valence-corrected chi connectivity index (χ0v) is 22.2. The van der Waals surface area contributed by atoms with Gasteiger partial charge in [0, 0.05) is 19.3 Å². The highest BCUT2D eigenvalue weighted by Gasteiger charge is 2.39. The second-order valence-electron chi connectivity index (χ2n) is 9.07. The molecule has 1 rings (SSSR count). The largest absolute Gasteiger partial charge is 0.550 e. The van der Waals surface area contributed by atoms with Crippen molar-refractivity contribution in [2.75, 3.05) is 40.8 Å². The molecule has 0 amide bonds. The molecule has 38 heavy (non-hydrogen) atoms. The number of aliphatic carboxylic acids is 5. The predicted molar refractivity (Wildman–Crippen MR) is 127 cm³/mol. The lowest BCUT2D eigenvalue weighted by Gasteiger charge is -2.25. The fourth-order valence-electron chi connectivity index (χ4n) is 2.25. The smallest absolute Gasteiger partial charge is 0.336 e. The average Bonchev–Trinajstić information content (AvgIpc) is 3.27. The van der Waals surface area contributed by atoms with Crippen molar-refractivity contribution in [2.45, 2.75) is 63.7 Å². The van der Waals surface area contributed by atoms with Crippen LogP contribution in [0.15, 0.2) is 0 Å². The molecule has 1 fully saturated rings. The Hall–Kier alpha value is -3.34. The predicted octanol–water partition coefficient (Wildman–Crippen LogP) is -2.66. The molecule has 1 heterocycles. The molecule has 16 nitrogen and oxygen atoms in total.